The van der Waals surface area contributed by atoms with Crippen LogP contribution in [0.3, 0.4) is 0 Å². The Morgan fingerprint density at radius 3 is 2.84 bits per heavy atom. The highest BCUT2D eigenvalue weighted by atomic mass is 16.5. The van der Waals surface area contributed by atoms with Crippen molar-refractivity contribution >= 4 is 23.5 Å². The van der Waals surface area contributed by atoms with Crippen molar-refractivity contribution in [3.63, 3.8) is 0 Å². The molecule has 2 rings (SSSR count). The van der Waals surface area contributed by atoms with Crippen LogP contribution in [0.15, 0.2) is 18.2 Å². The van der Waals surface area contributed by atoms with E-state index in [4.69, 9.17) is 4.74 Å². The molecule has 1 aromatic rings. The molecule has 6 nitrogen and oxygen atoms in total. The molecular formula is C13H12NO5-. The maximum absolute atomic E-state index is 11.5. The number of ether oxygens (including phenoxy) is 1. The van der Waals surface area contributed by atoms with E-state index in [1.807, 2.05) is 0 Å². The predicted octanol–water partition coefficient (Wildman–Crippen LogP) is 0.216. The first kappa shape index (κ1) is 13.1. The van der Waals surface area contributed by atoms with E-state index < -0.39 is 11.9 Å². The molecule has 0 bridgehead atoms. The van der Waals surface area contributed by atoms with Crippen molar-refractivity contribution in [2.75, 3.05) is 5.32 Å². The summed E-state index contributed by atoms with van der Waals surface area (Å²) in [5, 5.41) is 12.8. The Morgan fingerprint density at radius 1 is 1.32 bits per heavy atom. The van der Waals surface area contributed by atoms with Crippen LogP contribution >= 0.6 is 0 Å². The lowest BCUT2D eigenvalue weighted by atomic mass is 10.1. The topological polar surface area (TPSA) is 95.5 Å². The molecule has 1 aliphatic heterocycles. The molecule has 100 valence electrons. The summed E-state index contributed by atoms with van der Waals surface area (Å²) in [7, 11) is 0. The smallest absolute Gasteiger partial charge is 0.338 e. The van der Waals surface area contributed by atoms with Gasteiger partial charge in [0, 0.05) is 23.6 Å². The van der Waals surface area contributed by atoms with Crippen molar-refractivity contribution in [1.29, 1.82) is 0 Å². The highest BCUT2D eigenvalue weighted by Gasteiger charge is 2.21. The third-order valence-electron chi connectivity index (χ3n) is 2.76. The summed E-state index contributed by atoms with van der Waals surface area (Å²) < 4.78 is 4.85. The number of benzene rings is 1. The number of amides is 1. The second-order valence-corrected chi connectivity index (χ2v) is 4.22. The highest BCUT2D eigenvalue weighted by molar-refractivity contribution is 5.97. The molecule has 0 unspecified atom stereocenters. The van der Waals surface area contributed by atoms with Crippen LogP contribution in [0.25, 0.3) is 0 Å². The number of rotatable bonds is 5. The molecule has 0 saturated carbocycles. The number of carboxylic acids is 1. The van der Waals surface area contributed by atoms with Gasteiger partial charge in [-0.15, -0.1) is 0 Å². The molecule has 1 amide bonds. The molecule has 0 aliphatic carbocycles. The Labute approximate surface area is 109 Å². The lowest BCUT2D eigenvalue weighted by Crippen LogP contribution is -2.22. The summed E-state index contributed by atoms with van der Waals surface area (Å²) in [6.45, 7) is 0.258. The largest absolute Gasteiger partial charge is 0.550 e. The van der Waals surface area contributed by atoms with E-state index >= 15 is 0 Å². The maximum atomic E-state index is 11.5. The lowest BCUT2D eigenvalue weighted by Gasteiger charge is -2.06. The van der Waals surface area contributed by atoms with Crippen LogP contribution in [-0.4, -0.2) is 17.8 Å². The number of carbonyl (C=O) groups is 3. The van der Waals surface area contributed by atoms with Crippen LogP contribution < -0.4 is 10.4 Å². The number of hydrogen-bond donors (Lipinski definition) is 1. The lowest BCUT2D eigenvalue weighted by molar-refractivity contribution is -0.305. The van der Waals surface area contributed by atoms with Gasteiger partial charge in [0.2, 0.25) is 5.91 Å². The number of carbonyl (C=O) groups excluding carboxylic acids is 3. The van der Waals surface area contributed by atoms with Gasteiger partial charge in [-0.3, -0.25) is 4.79 Å². The number of nitrogens with one attached hydrogen (secondary N) is 1. The number of fused-ring (bicyclic) bond motifs is 1. The fraction of sp³-hybridized carbons (Fsp3) is 0.308. The zero-order valence-corrected chi connectivity index (χ0v) is 10.1. The van der Waals surface area contributed by atoms with E-state index in [0.29, 0.717) is 11.3 Å². The van der Waals surface area contributed by atoms with Crippen molar-refractivity contribution < 1.29 is 24.2 Å². The molecule has 6 heteroatoms. The Balaban J connectivity index is 1.93. The van der Waals surface area contributed by atoms with E-state index in [9.17, 15) is 19.5 Å². The van der Waals surface area contributed by atoms with E-state index in [1.165, 1.54) is 0 Å². The molecule has 1 aliphatic rings. The number of hydrogen-bond acceptors (Lipinski definition) is 5. The first-order valence-electron chi connectivity index (χ1n) is 5.86. The van der Waals surface area contributed by atoms with Crippen molar-refractivity contribution in [1.82, 2.24) is 0 Å². The van der Waals surface area contributed by atoms with Gasteiger partial charge < -0.3 is 20.0 Å². The van der Waals surface area contributed by atoms with E-state index in [0.717, 1.165) is 5.56 Å². The second kappa shape index (κ2) is 5.51. The van der Waals surface area contributed by atoms with Gasteiger partial charge in [-0.1, -0.05) is 6.07 Å². The SMILES string of the molecule is O=C([O-])CCCC(=O)Nc1ccc2c(c1)C(=O)OC2. The number of anilines is 1. The van der Waals surface area contributed by atoms with Gasteiger partial charge in [-0.25, -0.2) is 4.79 Å². The molecule has 0 atom stereocenters. The van der Waals surface area contributed by atoms with E-state index in [1.54, 1.807) is 18.2 Å². The standard InChI is InChI=1S/C13H13NO5/c15-11(2-1-3-12(16)17)14-9-5-4-8-7-19-13(18)10(8)6-9/h4-6H,1-3,7H2,(H,14,15)(H,16,17)/p-1. The summed E-state index contributed by atoms with van der Waals surface area (Å²) in [5.41, 5.74) is 1.74. The predicted molar refractivity (Wildman–Crippen MR) is 63.0 cm³/mol. The minimum Gasteiger partial charge on any atom is -0.550 e. The van der Waals surface area contributed by atoms with Gasteiger partial charge in [0.05, 0.1) is 5.56 Å². The molecule has 19 heavy (non-hydrogen) atoms. The van der Waals surface area contributed by atoms with Crippen LogP contribution in [0.5, 0.6) is 0 Å². The van der Waals surface area contributed by atoms with Gasteiger partial charge in [0.25, 0.3) is 0 Å². The average Bonchev–Trinajstić information content (AvgIpc) is 2.70. The molecular weight excluding hydrogens is 250 g/mol. The second-order valence-electron chi connectivity index (χ2n) is 4.22. The highest BCUT2D eigenvalue weighted by Crippen LogP contribution is 2.23. The number of aliphatic carboxylic acids is 1. The van der Waals surface area contributed by atoms with Crippen LogP contribution in [-0.2, 0) is 20.9 Å². The number of cyclic esters (lactones) is 1. The Morgan fingerprint density at radius 2 is 2.11 bits per heavy atom. The Kier molecular flexibility index (Phi) is 3.79. The molecule has 0 saturated heterocycles. The number of esters is 1. The zero-order chi connectivity index (χ0) is 13.8. The third kappa shape index (κ3) is 3.31. The van der Waals surface area contributed by atoms with Crippen molar-refractivity contribution in [3.8, 4) is 0 Å². The molecule has 0 spiro atoms. The van der Waals surface area contributed by atoms with Crippen molar-refractivity contribution in [3.05, 3.63) is 29.3 Å². The van der Waals surface area contributed by atoms with Crippen LogP contribution in [0, 0.1) is 0 Å². The van der Waals surface area contributed by atoms with E-state index in [-0.39, 0.29) is 31.8 Å². The maximum Gasteiger partial charge on any atom is 0.338 e. The van der Waals surface area contributed by atoms with E-state index in [2.05, 4.69) is 5.32 Å². The van der Waals surface area contributed by atoms with Crippen LogP contribution in [0.2, 0.25) is 0 Å². The molecule has 0 radical (unpaired) electrons. The molecule has 1 aromatic carbocycles. The summed E-state index contributed by atoms with van der Waals surface area (Å²) in [5.74, 6) is -1.87. The summed E-state index contributed by atoms with van der Waals surface area (Å²) in [4.78, 5) is 33.1. The third-order valence-corrected chi connectivity index (χ3v) is 2.76. The van der Waals surface area contributed by atoms with Gasteiger partial charge >= 0.3 is 5.97 Å². The number of carboxylic acid groups (broad SMARTS) is 1. The summed E-state index contributed by atoms with van der Waals surface area (Å²) in [6.07, 6.45) is 0.167. The van der Waals surface area contributed by atoms with Crippen LogP contribution in [0.4, 0.5) is 5.69 Å². The minimum absolute atomic E-state index is 0.0928. The molecule has 0 fully saturated rings. The molecule has 1 heterocycles. The zero-order valence-electron chi connectivity index (χ0n) is 10.1. The fourth-order valence-electron chi connectivity index (χ4n) is 1.81. The minimum atomic E-state index is -1.17. The van der Waals surface area contributed by atoms with Crippen LogP contribution in [0.1, 0.15) is 35.2 Å². The summed E-state index contributed by atoms with van der Waals surface area (Å²) >= 11 is 0. The average molecular weight is 262 g/mol. The monoisotopic (exact) mass is 262 g/mol. The first-order valence-corrected chi connectivity index (χ1v) is 5.86. The normalized spacial score (nSPS) is 12.7. The van der Waals surface area contributed by atoms with Crippen molar-refractivity contribution in [2.45, 2.75) is 25.9 Å². The van der Waals surface area contributed by atoms with Gasteiger partial charge in [0.15, 0.2) is 0 Å². The fourth-order valence-corrected chi connectivity index (χ4v) is 1.81. The van der Waals surface area contributed by atoms with Gasteiger partial charge in [-0.2, -0.15) is 0 Å². The summed E-state index contributed by atoms with van der Waals surface area (Å²) in [6, 6.07) is 4.95. The Hall–Kier alpha value is -2.37. The van der Waals surface area contributed by atoms with Crippen molar-refractivity contribution in [2.24, 2.45) is 0 Å². The van der Waals surface area contributed by atoms with Gasteiger partial charge in [0.1, 0.15) is 6.61 Å². The molecule has 1 N–H and O–H groups in total. The quantitative estimate of drug-likeness (QED) is 0.765. The Bertz CT molecular complexity index is 538. The molecule has 0 aromatic heterocycles. The first-order chi connectivity index (χ1) is 9.06. The van der Waals surface area contributed by atoms with Gasteiger partial charge in [-0.05, 0) is 25.0 Å².